The Labute approximate surface area is 89.4 Å². The molecule has 0 bridgehead atoms. The van der Waals surface area contributed by atoms with Gasteiger partial charge in [0, 0.05) is 6.54 Å². The molecule has 0 saturated carbocycles. The Kier molecular flexibility index (Phi) is 4.63. The van der Waals surface area contributed by atoms with E-state index in [9.17, 15) is 4.79 Å². The zero-order chi connectivity index (χ0) is 11.1. The first kappa shape index (κ1) is 11.5. The lowest BCUT2D eigenvalue weighted by molar-refractivity contribution is -0.122. The van der Waals surface area contributed by atoms with Crippen LogP contribution in [0, 0.1) is 0 Å². The van der Waals surface area contributed by atoms with E-state index >= 15 is 0 Å². The van der Waals surface area contributed by atoms with Gasteiger partial charge < -0.3 is 9.73 Å². The maximum atomic E-state index is 11.4. The van der Waals surface area contributed by atoms with Crippen molar-refractivity contribution in [1.29, 1.82) is 0 Å². The quantitative estimate of drug-likeness (QED) is 0.687. The predicted molar refractivity (Wildman–Crippen MR) is 58.2 cm³/mol. The molecule has 1 aromatic rings. The van der Waals surface area contributed by atoms with E-state index in [2.05, 4.69) is 17.2 Å². The Morgan fingerprint density at radius 1 is 1.73 bits per heavy atom. The second kappa shape index (κ2) is 6.03. The zero-order valence-corrected chi connectivity index (χ0v) is 8.82. The van der Waals surface area contributed by atoms with Crippen molar-refractivity contribution in [1.82, 2.24) is 10.6 Å². The summed E-state index contributed by atoms with van der Waals surface area (Å²) >= 11 is 0. The van der Waals surface area contributed by atoms with Gasteiger partial charge in [-0.2, -0.15) is 0 Å². The van der Waals surface area contributed by atoms with Crippen LogP contribution in [0.25, 0.3) is 0 Å². The molecule has 1 amide bonds. The van der Waals surface area contributed by atoms with Crippen LogP contribution in [0.3, 0.4) is 0 Å². The van der Waals surface area contributed by atoms with Crippen LogP contribution in [0.1, 0.15) is 12.7 Å². The van der Waals surface area contributed by atoms with Gasteiger partial charge in [0.2, 0.25) is 5.91 Å². The highest BCUT2D eigenvalue weighted by Gasteiger charge is 2.10. The molecule has 0 saturated heterocycles. The lowest BCUT2D eigenvalue weighted by Gasteiger charge is -2.11. The van der Waals surface area contributed by atoms with Crippen LogP contribution in [-0.2, 0) is 11.3 Å². The van der Waals surface area contributed by atoms with Crippen LogP contribution in [0.15, 0.2) is 35.5 Å². The van der Waals surface area contributed by atoms with Crippen molar-refractivity contribution in [2.24, 2.45) is 0 Å². The van der Waals surface area contributed by atoms with E-state index < -0.39 is 0 Å². The monoisotopic (exact) mass is 208 g/mol. The number of hydrogen-bond donors (Lipinski definition) is 2. The Hall–Kier alpha value is -1.55. The minimum atomic E-state index is -0.241. The summed E-state index contributed by atoms with van der Waals surface area (Å²) in [6.07, 6.45) is 3.26. The number of hydrogen-bond acceptors (Lipinski definition) is 3. The predicted octanol–water partition coefficient (Wildman–Crippen LogP) is 1.06. The summed E-state index contributed by atoms with van der Waals surface area (Å²) in [6.45, 7) is 6.38. The summed E-state index contributed by atoms with van der Waals surface area (Å²) in [5, 5.41) is 5.77. The molecule has 0 aliphatic rings. The molecular formula is C11H16N2O2. The van der Waals surface area contributed by atoms with Gasteiger partial charge in [-0.15, -0.1) is 6.58 Å². The smallest absolute Gasteiger partial charge is 0.237 e. The Morgan fingerprint density at radius 3 is 3.13 bits per heavy atom. The molecule has 0 radical (unpaired) electrons. The van der Waals surface area contributed by atoms with E-state index in [4.69, 9.17) is 4.42 Å². The maximum Gasteiger partial charge on any atom is 0.237 e. The number of amides is 1. The molecular weight excluding hydrogens is 192 g/mol. The minimum Gasteiger partial charge on any atom is -0.468 e. The third-order valence-electron chi connectivity index (χ3n) is 1.98. The van der Waals surface area contributed by atoms with Crippen LogP contribution in [0.5, 0.6) is 0 Å². The van der Waals surface area contributed by atoms with Crippen molar-refractivity contribution >= 4 is 5.91 Å². The fraction of sp³-hybridized carbons (Fsp3) is 0.364. The molecule has 1 aromatic heterocycles. The molecule has 0 fully saturated rings. The van der Waals surface area contributed by atoms with Crippen molar-refractivity contribution in [3.63, 3.8) is 0 Å². The van der Waals surface area contributed by atoms with E-state index in [0.717, 1.165) is 5.76 Å². The number of rotatable bonds is 6. The third-order valence-corrected chi connectivity index (χ3v) is 1.98. The summed E-state index contributed by atoms with van der Waals surface area (Å²) in [4.78, 5) is 11.4. The normalized spacial score (nSPS) is 12.1. The van der Waals surface area contributed by atoms with Crippen molar-refractivity contribution in [3.05, 3.63) is 36.8 Å². The van der Waals surface area contributed by atoms with Gasteiger partial charge in [0.15, 0.2) is 0 Å². The van der Waals surface area contributed by atoms with E-state index in [1.807, 2.05) is 12.1 Å². The minimum absolute atomic E-state index is 0.0403. The standard InChI is InChI=1S/C11H16N2O2/c1-3-6-12-11(14)9(2)13-8-10-5-4-7-15-10/h3-5,7,9,13H,1,6,8H2,2H3,(H,12,14). The molecule has 1 unspecified atom stereocenters. The first-order chi connectivity index (χ1) is 7.24. The first-order valence-electron chi connectivity index (χ1n) is 4.88. The van der Waals surface area contributed by atoms with E-state index in [1.54, 1.807) is 19.3 Å². The highest BCUT2D eigenvalue weighted by molar-refractivity contribution is 5.81. The molecule has 0 spiro atoms. The largest absolute Gasteiger partial charge is 0.468 e. The molecule has 1 atom stereocenters. The van der Waals surface area contributed by atoms with Crippen LogP contribution < -0.4 is 10.6 Å². The SMILES string of the molecule is C=CCNC(=O)C(C)NCc1ccco1. The number of carbonyl (C=O) groups excluding carboxylic acids is 1. The number of nitrogens with one attached hydrogen (secondary N) is 2. The van der Waals surface area contributed by atoms with E-state index in [0.29, 0.717) is 13.1 Å². The lowest BCUT2D eigenvalue weighted by Crippen LogP contribution is -2.41. The second-order valence-corrected chi connectivity index (χ2v) is 3.22. The average Bonchev–Trinajstić information content (AvgIpc) is 2.75. The summed E-state index contributed by atoms with van der Waals surface area (Å²) in [7, 11) is 0. The summed E-state index contributed by atoms with van der Waals surface area (Å²) in [6, 6.07) is 3.44. The van der Waals surface area contributed by atoms with Crippen molar-refractivity contribution in [3.8, 4) is 0 Å². The van der Waals surface area contributed by atoms with E-state index in [1.165, 1.54) is 0 Å². The molecule has 1 rings (SSSR count). The summed E-state index contributed by atoms with van der Waals surface area (Å²) in [5.74, 6) is 0.778. The van der Waals surface area contributed by atoms with Gasteiger partial charge >= 0.3 is 0 Å². The maximum absolute atomic E-state index is 11.4. The average molecular weight is 208 g/mol. The van der Waals surface area contributed by atoms with Gasteiger partial charge in [-0.25, -0.2) is 0 Å². The Bertz CT molecular complexity index is 306. The topological polar surface area (TPSA) is 54.3 Å². The fourth-order valence-corrected chi connectivity index (χ4v) is 1.09. The van der Waals surface area contributed by atoms with Gasteiger partial charge in [0.25, 0.3) is 0 Å². The number of furan rings is 1. The van der Waals surface area contributed by atoms with E-state index in [-0.39, 0.29) is 11.9 Å². The molecule has 0 aliphatic heterocycles. The van der Waals surface area contributed by atoms with Crippen LogP contribution in [0.4, 0.5) is 0 Å². The number of carbonyl (C=O) groups is 1. The molecule has 4 nitrogen and oxygen atoms in total. The zero-order valence-electron chi connectivity index (χ0n) is 8.82. The van der Waals surface area contributed by atoms with Gasteiger partial charge in [-0.1, -0.05) is 6.08 Å². The molecule has 15 heavy (non-hydrogen) atoms. The molecule has 2 N–H and O–H groups in total. The fourth-order valence-electron chi connectivity index (χ4n) is 1.09. The Balaban J connectivity index is 2.26. The van der Waals surface area contributed by atoms with Gasteiger partial charge in [0.05, 0.1) is 18.8 Å². The van der Waals surface area contributed by atoms with Crippen LogP contribution >= 0.6 is 0 Å². The van der Waals surface area contributed by atoms with Crippen molar-refractivity contribution in [2.45, 2.75) is 19.5 Å². The lowest BCUT2D eigenvalue weighted by atomic mass is 10.3. The van der Waals surface area contributed by atoms with Crippen molar-refractivity contribution in [2.75, 3.05) is 6.54 Å². The van der Waals surface area contributed by atoms with Crippen LogP contribution in [-0.4, -0.2) is 18.5 Å². The third kappa shape index (κ3) is 3.99. The molecule has 1 heterocycles. The molecule has 0 aliphatic carbocycles. The van der Waals surface area contributed by atoms with Crippen LogP contribution in [0.2, 0.25) is 0 Å². The van der Waals surface area contributed by atoms with Gasteiger partial charge in [-0.05, 0) is 19.1 Å². The molecule has 82 valence electrons. The summed E-state index contributed by atoms with van der Waals surface area (Å²) in [5.41, 5.74) is 0. The second-order valence-electron chi connectivity index (χ2n) is 3.22. The first-order valence-corrected chi connectivity index (χ1v) is 4.88. The highest BCUT2D eigenvalue weighted by Crippen LogP contribution is 1.99. The van der Waals surface area contributed by atoms with Gasteiger partial charge in [-0.3, -0.25) is 10.1 Å². The summed E-state index contributed by atoms with van der Waals surface area (Å²) < 4.78 is 5.13. The molecule has 4 heteroatoms. The van der Waals surface area contributed by atoms with Gasteiger partial charge in [0.1, 0.15) is 5.76 Å². The highest BCUT2D eigenvalue weighted by atomic mass is 16.3. The Morgan fingerprint density at radius 2 is 2.53 bits per heavy atom. The van der Waals surface area contributed by atoms with Crippen molar-refractivity contribution < 1.29 is 9.21 Å². The molecule has 0 aromatic carbocycles.